The maximum Gasteiger partial charge on any atom is 0.224 e. The molecule has 0 radical (unpaired) electrons. The molecule has 1 amide bonds. The van der Waals surface area contributed by atoms with Gasteiger partial charge in [0, 0.05) is 38.6 Å². The SMILES string of the molecule is C=C(N=Nc1cc(NC(=O)CC)ccc1F)N(C)/C=C\NC. The molecule has 0 aromatic heterocycles. The average molecular weight is 305 g/mol. The van der Waals surface area contributed by atoms with Gasteiger partial charge in [-0.15, -0.1) is 10.2 Å². The third kappa shape index (κ3) is 5.35. The van der Waals surface area contributed by atoms with Gasteiger partial charge in [0.2, 0.25) is 5.91 Å². The first-order chi connectivity index (χ1) is 10.5. The molecule has 7 heteroatoms. The van der Waals surface area contributed by atoms with E-state index in [1.807, 2.05) is 0 Å². The van der Waals surface area contributed by atoms with Crippen molar-refractivity contribution < 1.29 is 9.18 Å². The van der Waals surface area contributed by atoms with Gasteiger partial charge in [0.1, 0.15) is 11.5 Å². The number of hydrogen-bond donors (Lipinski definition) is 2. The molecular weight excluding hydrogens is 285 g/mol. The van der Waals surface area contributed by atoms with Gasteiger partial charge in [0.05, 0.1) is 0 Å². The fourth-order valence-corrected chi connectivity index (χ4v) is 1.37. The summed E-state index contributed by atoms with van der Waals surface area (Å²) in [5, 5.41) is 13.2. The number of amides is 1. The van der Waals surface area contributed by atoms with E-state index in [0.29, 0.717) is 17.9 Å². The van der Waals surface area contributed by atoms with Crippen LogP contribution in [0.5, 0.6) is 0 Å². The first-order valence-corrected chi connectivity index (χ1v) is 6.74. The van der Waals surface area contributed by atoms with Crippen LogP contribution in [0.25, 0.3) is 0 Å². The molecule has 1 aromatic rings. The van der Waals surface area contributed by atoms with Gasteiger partial charge in [-0.05, 0) is 18.2 Å². The molecule has 0 atom stereocenters. The second-order valence-electron chi connectivity index (χ2n) is 4.40. The minimum Gasteiger partial charge on any atom is -0.393 e. The molecule has 2 N–H and O–H groups in total. The molecule has 0 bridgehead atoms. The van der Waals surface area contributed by atoms with E-state index >= 15 is 0 Å². The molecule has 6 nitrogen and oxygen atoms in total. The molecule has 0 heterocycles. The quantitative estimate of drug-likeness (QED) is 0.759. The van der Waals surface area contributed by atoms with Crippen LogP contribution in [0.15, 0.2) is 53.2 Å². The number of anilines is 1. The first-order valence-electron chi connectivity index (χ1n) is 6.74. The molecule has 1 rings (SSSR count). The molecule has 1 aromatic carbocycles. The zero-order valence-corrected chi connectivity index (χ0v) is 12.9. The minimum atomic E-state index is -0.528. The Hall–Kier alpha value is -2.70. The van der Waals surface area contributed by atoms with Crippen LogP contribution in [0.4, 0.5) is 15.8 Å². The number of halogens is 1. The highest BCUT2D eigenvalue weighted by Crippen LogP contribution is 2.23. The number of hydrogen-bond acceptors (Lipinski definition) is 5. The smallest absolute Gasteiger partial charge is 0.224 e. The fourth-order valence-electron chi connectivity index (χ4n) is 1.37. The van der Waals surface area contributed by atoms with Gasteiger partial charge in [-0.1, -0.05) is 13.5 Å². The summed E-state index contributed by atoms with van der Waals surface area (Å²) in [4.78, 5) is 13.0. The van der Waals surface area contributed by atoms with E-state index in [-0.39, 0.29) is 11.6 Å². The summed E-state index contributed by atoms with van der Waals surface area (Å²) in [6.07, 6.45) is 3.74. The Labute approximate surface area is 129 Å². The molecule has 0 aliphatic carbocycles. The van der Waals surface area contributed by atoms with Gasteiger partial charge >= 0.3 is 0 Å². The standard InChI is InChI=1S/C15H20FN5O/c1-5-15(22)18-12-6-7-13(16)14(10-12)20-19-11(2)21(4)9-8-17-3/h6-10,17H,2,5H2,1,3-4H3,(H,18,22)/b9-8-,20-19?. The zero-order chi connectivity index (χ0) is 16.5. The van der Waals surface area contributed by atoms with Gasteiger partial charge in [-0.25, -0.2) is 4.39 Å². The predicted molar refractivity (Wildman–Crippen MR) is 84.9 cm³/mol. The molecule has 0 saturated heterocycles. The average Bonchev–Trinajstić information content (AvgIpc) is 2.52. The number of nitrogens with zero attached hydrogens (tertiary/aromatic N) is 3. The van der Waals surface area contributed by atoms with Crippen molar-refractivity contribution in [2.45, 2.75) is 13.3 Å². The molecule has 0 aliphatic heterocycles. The third-order valence-electron chi connectivity index (χ3n) is 2.70. The maximum absolute atomic E-state index is 13.7. The predicted octanol–water partition coefficient (Wildman–Crippen LogP) is 3.35. The van der Waals surface area contributed by atoms with Gasteiger partial charge < -0.3 is 15.5 Å². The van der Waals surface area contributed by atoms with E-state index in [0.717, 1.165) is 0 Å². The topological polar surface area (TPSA) is 69.1 Å². The lowest BCUT2D eigenvalue weighted by molar-refractivity contribution is -0.115. The van der Waals surface area contributed by atoms with E-state index in [1.54, 1.807) is 38.3 Å². The Morgan fingerprint density at radius 2 is 2.23 bits per heavy atom. The second kappa shape index (κ2) is 8.56. The monoisotopic (exact) mass is 305 g/mol. The van der Waals surface area contributed by atoms with E-state index in [2.05, 4.69) is 27.4 Å². The summed E-state index contributed by atoms with van der Waals surface area (Å²) in [5.74, 6) is -0.343. The van der Waals surface area contributed by atoms with Gasteiger partial charge in [0.15, 0.2) is 5.82 Å². The third-order valence-corrected chi connectivity index (χ3v) is 2.70. The largest absolute Gasteiger partial charge is 0.393 e. The van der Waals surface area contributed by atoms with Crippen molar-refractivity contribution in [3.63, 3.8) is 0 Å². The lowest BCUT2D eigenvalue weighted by Crippen LogP contribution is -2.09. The number of carbonyl (C=O) groups excluding carboxylic acids is 1. The van der Waals surface area contributed by atoms with Crippen LogP contribution >= 0.6 is 0 Å². The van der Waals surface area contributed by atoms with Crippen LogP contribution in [0.2, 0.25) is 0 Å². The van der Waals surface area contributed by atoms with E-state index < -0.39 is 5.82 Å². The van der Waals surface area contributed by atoms with Gasteiger partial charge in [0.25, 0.3) is 0 Å². The van der Waals surface area contributed by atoms with Crippen molar-refractivity contribution >= 4 is 17.3 Å². The van der Waals surface area contributed by atoms with E-state index in [1.165, 1.54) is 18.2 Å². The van der Waals surface area contributed by atoms with Crippen LogP contribution in [0.1, 0.15) is 13.3 Å². The van der Waals surface area contributed by atoms with Crippen molar-refractivity contribution in [3.05, 3.63) is 48.8 Å². The lowest BCUT2D eigenvalue weighted by atomic mass is 10.2. The Morgan fingerprint density at radius 1 is 1.50 bits per heavy atom. The van der Waals surface area contributed by atoms with Crippen LogP contribution in [-0.2, 0) is 4.79 Å². The molecule has 0 fully saturated rings. The molecule has 0 aliphatic rings. The van der Waals surface area contributed by atoms with Crippen molar-refractivity contribution in [1.29, 1.82) is 0 Å². The summed E-state index contributed by atoms with van der Waals surface area (Å²) in [6, 6.07) is 4.12. The van der Waals surface area contributed by atoms with Gasteiger partial charge in [-0.2, -0.15) is 0 Å². The summed E-state index contributed by atoms with van der Waals surface area (Å²) >= 11 is 0. The number of nitrogens with one attached hydrogen (secondary N) is 2. The Morgan fingerprint density at radius 3 is 2.86 bits per heavy atom. The van der Waals surface area contributed by atoms with Crippen LogP contribution in [0, 0.1) is 5.82 Å². The summed E-state index contributed by atoms with van der Waals surface area (Å²) in [7, 11) is 3.50. The zero-order valence-electron chi connectivity index (χ0n) is 12.9. The molecule has 0 spiro atoms. The summed E-state index contributed by atoms with van der Waals surface area (Å²) in [6.45, 7) is 5.46. The first kappa shape index (κ1) is 17.4. The van der Waals surface area contributed by atoms with Crippen molar-refractivity contribution in [2.75, 3.05) is 19.4 Å². The Bertz CT molecular complexity index is 598. The van der Waals surface area contributed by atoms with E-state index in [9.17, 15) is 9.18 Å². The second-order valence-corrected chi connectivity index (χ2v) is 4.40. The summed E-state index contributed by atoms with van der Waals surface area (Å²) < 4.78 is 13.7. The van der Waals surface area contributed by atoms with Crippen LogP contribution in [-0.4, -0.2) is 24.9 Å². The minimum absolute atomic E-state index is 0.0287. The maximum atomic E-state index is 13.7. The molecule has 118 valence electrons. The van der Waals surface area contributed by atoms with Crippen molar-refractivity contribution in [2.24, 2.45) is 10.2 Å². The van der Waals surface area contributed by atoms with Crippen LogP contribution < -0.4 is 10.6 Å². The highest BCUT2D eigenvalue weighted by molar-refractivity contribution is 5.90. The molecule has 0 saturated carbocycles. The Balaban J connectivity index is 2.85. The number of benzene rings is 1. The van der Waals surface area contributed by atoms with E-state index in [4.69, 9.17) is 0 Å². The summed E-state index contributed by atoms with van der Waals surface area (Å²) in [5.41, 5.74) is 0.497. The fraction of sp³-hybridized carbons (Fsp3) is 0.267. The molecule has 0 unspecified atom stereocenters. The Kier molecular flexibility index (Phi) is 6.75. The lowest BCUT2D eigenvalue weighted by Gasteiger charge is -2.11. The molecular formula is C15H20FN5O. The van der Waals surface area contributed by atoms with Crippen molar-refractivity contribution in [1.82, 2.24) is 10.2 Å². The van der Waals surface area contributed by atoms with Crippen molar-refractivity contribution in [3.8, 4) is 0 Å². The highest BCUT2D eigenvalue weighted by atomic mass is 19.1. The highest BCUT2D eigenvalue weighted by Gasteiger charge is 2.05. The van der Waals surface area contributed by atoms with Crippen LogP contribution in [0.3, 0.4) is 0 Å². The number of azo groups is 1. The number of rotatable bonds is 7. The number of carbonyl (C=O) groups is 1. The van der Waals surface area contributed by atoms with Gasteiger partial charge in [-0.3, -0.25) is 4.79 Å². The normalized spacial score (nSPS) is 10.9. The molecule has 22 heavy (non-hydrogen) atoms.